The minimum atomic E-state index is -0.362. The van der Waals surface area contributed by atoms with Gasteiger partial charge in [0.2, 0.25) is 5.66 Å². The van der Waals surface area contributed by atoms with Gasteiger partial charge >= 0.3 is 0 Å². The molecule has 3 heteroatoms. The highest BCUT2D eigenvalue weighted by atomic mass is 15.0. The van der Waals surface area contributed by atoms with Crippen molar-refractivity contribution in [3.05, 3.63) is 12.3 Å². The summed E-state index contributed by atoms with van der Waals surface area (Å²) in [5.74, 6) is 0. The van der Waals surface area contributed by atoms with Crippen LogP contribution in [0.5, 0.6) is 0 Å². The van der Waals surface area contributed by atoms with E-state index in [9.17, 15) is 0 Å². The van der Waals surface area contributed by atoms with Crippen molar-refractivity contribution in [1.29, 1.82) is 0 Å². The Bertz CT molecular complexity index is 119. The fraction of sp³-hybridized carbons (Fsp3) is 0.500. The lowest BCUT2D eigenvalue weighted by Crippen LogP contribution is -2.86. The molecule has 0 aromatic rings. The topological polar surface area (TPSA) is 66.0 Å². The van der Waals surface area contributed by atoms with Gasteiger partial charge in [-0.05, 0) is 6.20 Å². The first-order chi connectivity index (χ1) is 4.06. The van der Waals surface area contributed by atoms with E-state index in [-0.39, 0.29) is 5.66 Å². The minimum absolute atomic E-state index is 0.362. The number of nitrogens with two attached hydrogens (primary N) is 2. The lowest BCUT2D eigenvalue weighted by Gasteiger charge is -2.02. The highest BCUT2D eigenvalue weighted by Gasteiger charge is 2.10. The highest BCUT2D eigenvalue weighted by Crippen LogP contribution is 1.73. The van der Waals surface area contributed by atoms with Crippen LogP contribution in [0.2, 0.25) is 0 Å². The summed E-state index contributed by atoms with van der Waals surface area (Å²) in [5, 5.41) is 0. The van der Waals surface area contributed by atoms with Crippen molar-refractivity contribution in [1.82, 2.24) is 0 Å². The smallest absolute Gasteiger partial charge is 0.206 e. The van der Waals surface area contributed by atoms with E-state index in [4.69, 9.17) is 11.5 Å². The molecule has 0 fully saturated rings. The van der Waals surface area contributed by atoms with Crippen LogP contribution in [0.1, 0.15) is 13.8 Å². The number of rotatable bonds is 2. The third-order valence-corrected chi connectivity index (χ3v) is 0.663. The van der Waals surface area contributed by atoms with Gasteiger partial charge in [-0.1, -0.05) is 0 Å². The summed E-state index contributed by atoms with van der Waals surface area (Å²) in [7, 11) is 0. The summed E-state index contributed by atoms with van der Waals surface area (Å²) in [6.45, 7) is 3.74. The molecule has 0 rings (SSSR count). The molecule has 0 aliphatic rings. The molecule has 0 aliphatic heterocycles. The van der Waals surface area contributed by atoms with Crippen LogP contribution in [0, 0.1) is 0 Å². The average Bonchev–Trinajstić information content (AvgIpc) is 1.63. The molecule has 0 aliphatic carbocycles. The molecule has 0 heterocycles. The normalized spacial score (nSPS) is 13.7. The van der Waals surface area contributed by atoms with Crippen molar-refractivity contribution in [3.8, 4) is 0 Å². The molecular formula is C6H14N3+. The summed E-state index contributed by atoms with van der Waals surface area (Å²) >= 11 is 0. The van der Waals surface area contributed by atoms with Gasteiger partial charge in [0.05, 0.1) is 0 Å². The Morgan fingerprint density at radius 1 is 1.44 bits per heavy atom. The maximum absolute atomic E-state index is 5.56. The second-order valence-corrected chi connectivity index (χ2v) is 2.42. The summed E-state index contributed by atoms with van der Waals surface area (Å²) in [5.41, 5.74) is 10.3. The lowest BCUT2D eigenvalue weighted by atomic mass is 10.3. The second-order valence-electron chi connectivity index (χ2n) is 2.42. The van der Waals surface area contributed by atoms with Crippen LogP contribution in [0.4, 0.5) is 0 Å². The third kappa shape index (κ3) is 7.17. The fourth-order valence-electron chi connectivity index (χ4n) is 0.318. The van der Waals surface area contributed by atoms with Crippen molar-refractivity contribution >= 4 is 6.21 Å². The molecule has 5 N–H and O–H groups in total. The lowest BCUT2D eigenvalue weighted by molar-refractivity contribution is -0.537. The molecular weight excluding hydrogens is 114 g/mol. The molecule has 0 amide bonds. The molecule has 0 spiro atoms. The van der Waals surface area contributed by atoms with Crippen LogP contribution in [0.3, 0.4) is 0 Å². The van der Waals surface area contributed by atoms with Gasteiger partial charge in [-0.2, -0.15) is 0 Å². The molecule has 9 heavy (non-hydrogen) atoms. The SMILES string of the molecule is CC(C)(N)[NH+]=CC=CN. The molecule has 0 radical (unpaired) electrons. The molecule has 52 valence electrons. The van der Waals surface area contributed by atoms with E-state index in [0.717, 1.165) is 0 Å². The van der Waals surface area contributed by atoms with Crippen LogP contribution < -0.4 is 16.5 Å². The summed E-state index contributed by atoms with van der Waals surface area (Å²) in [6, 6.07) is 0. The van der Waals surface area contributed by atoms with Gasteiger partial charge in [-0.15, -0.1) is 0 Å². The summed E-state index contributed by atoms with van der Waals surface area (Å²) in [6.07, 6.45) is 4.84. The zero-order valence-corrected chi connectivity index (χ0v) is 5.89. The number of nitrogens with one attached hydrogen (secondary N) is 1. The maximum atomic E-state index is 5.56. The van der Waals surface area contributed by atoms with E-state index < -0.39 is 0 Å². The molecule has 0 aromatic carbocycles. The largest absolute Gasteiger partial charge is 0.404 e. The molecule has 3 nitrogen and oxygen atoms in total. The quantitative estimate of drug-likeness (QED) is 0.307. The molecule has 0 aromatic heterocycles. The van der Waals surface area contributed by atoms with Crippen LogP contribution >= 0.6 is 0 Å². The molecule has 0 saturated carbocycles. The Morgan fingerprint density at radius 3 is 2.33 bits per heavy atom. The van der Waals surface area contributed by atoms with Crippen LogP contribution in [-0.2, 0) is 0 Å². The Hall–Kier alpha value is -0.830. The predicted octanol–water partition coefficient (Wildman–Crippen LogP) is -1.69. The fourth-order valence-corrected chi connectivity index (χ4v) is 0.318. The predicted molar refractivity (Wildman–Crippen MR) is 38.6 cm³/mol. The Kier molecular flexibility index (Phi) is 2.95. The van der Waals surface area contributed by atoms with E-state index in [2.05, 4.69) is 4.99 Å². The van der Waals surface area contributed by atoms with Crippen LogP contribution in [0.15, 0.2) is 12.3 Å². The van der Waals surface area contributed by atoms with E-state index in [0.29, 0.717) is 0 Å². The van der Waals surface area contributed by atoms with E-state index in [1.54, 1.807) is 12.3 Å². The molecule has 0 unspecified atom stereocenters. The zero-order valence-electron chi connectivity index (χ0n) is 5.89. The molecule has 0 bridgehead atoms. The van der Waals surface area contributed by atoms with Crippen molar-refractivity contribution in [2.24, 2.45) is 11.5 Å². The zero-order chi connectivity index (χ0) is 7.33. The van der Waals surface area contributed by atoms with Gasteiger partial charge in [0.25, 0.3) is 0 Å². The van der Waals surface area contributed by atoms with E-state index in [1.165, 1.54) is 6.20 Å². The summed E-state index contributed by atoms with van der Waals surface area (Å²) < 4.78 is 0. The average molecular weight is 128 g/mol. The monoisotopic (exact) mass is 128 g/mol. The third-order valence-electron chi connectivity index (χ3n) is 0.663. The van der Waals surface area contributed by atoms with Gasteiger partial charge < -0.3 is 5.73 Å². The first-order valence-corrected chi connectivity index (χ1v) is 2.83. The highest BCUT2D eigenvalue weighted by molar-refractivity contribution is 5.64. The van der Waals surface area contributed by atoms with Gasteiger partial charge in [0.15, 0.2) is 6.21 Å². The Morgan fingerprint density at radius 2 is 2.00 bits per heavy atom. The Labute approximate surface area is 55.4 Å². The Balaban J connectivity index is 3.71. The van der Waals surface area contributed by atoms with Crippen LogP contribution in [-0.4, -0.2) is 11.9 Å². The van der Waals surface area contributed by atoms with E-state index in [1.807, 2.05) is 13.8 Å². The van der Waals surface area contributed by atoms with Crippen molar-refractivity contribution in [3.63, 3.8) is 0 Å². The van der Waals surface area contributed by atoms with Crippen LogP contribution in [0.25, 0.3) is 0 Å². The summed E-state index contributed by atoms with van der Waals surface area (Å²) in [4.78, 5) is 2.91. The van der Waals surface area contributed by atoms with Gasteiger partial charge in [0.1, 0.15) is 0 Å². The van der Waals surface area contributed by atoms with E-state index >= 15 is 0 Å². The van der Waals surface area contributed by atoms with Crippen molar-refractivity contribution < 1.29 is 4.99 Å². The van der Waals surface area contributed by atoms with Crippen molar-refractivity contribution in [2.45, 2.75) is 19.5 Å². The number of hydrogen-bond acceptors (Lipinski definition) is 2. The molecule has 0 atom stereocenters. The standard InChI is InChI=1S/C6H13N3/c1-6(2,8)9-5-3-4-7/h3-5H,7-8H2,1-2H3/p+1. The van der Waals surface area contributed by atoms with Crippen molar-refractivity contribution in [2.75, 3.05) is 0 Å². The molecule has 0 saturated heterocycles. The first kappa shape index (κ1) is 8.17. The first-order valence-electron chi connectivity index (χ1n) is 2.83. The maximum Gasteiger partial charge on any atom is 0.206 e. The number of hydrogen-bond donors (Lipinski definition) is 3. The second kappa shape index (κ2) is 3.25. The van der Waals surface area contributed by atoms with Gasteiger partial charge in [-0.3, -0.25) is 5.73 Å². The van der Waals surface area contributed by atoms with Gasteiger partial charge in [0, 0.05) is 19.9 Å². The number of allylic oxidation sites excluding steroid dienone is 1. The minimum Gasteiger partial charge on any atom is -0.404 e. The van der Waals surface area contributed by atoms with Gasteiger partial charge in [-0.25, -0.2) is 4.99 Å².